The fourth-order valence-electron chi connectivity index (χ4n) is 2.14. The van der Waals surface area contributed by atoms with Crippen molar-refractivity contribution in [2.24, 2.45) is 11.3 Å². The lowest BCUT2D eigenvalue weighted by Crippen LogP contribution is -2.33. The Balaban J connectivity index is 2.02. The molecule has 2 rings (SSSR count). The van der Waals surface area contributed by atoms with Crippen LogP contribution in [-0.2, 0) is 0 Å². The Morgan fingerprint density at radius 1 is 1.50 bits per heavy atom. The second-order valence-corrected chi connectivity index (χ2v) is 7.40. The maximum atomic E-state index is 12.2. The zero-order valence-corrected chi connectivity index (χ0v) is 14.3. The number of carbonyl (C=O) groups excluding carboxylic acids is 1. The van der Waals surface area contributed by atoms with Crippen molar-refractivity contribution in [1.82, 2.24) is 5.32 Å². The second kappa shape index (κ2) is 5.49. The van der Waals surface area contributed by atoms with Crippen LogP contribution >= 0.6 is 38.5 Å². The molecule has 18 heavy (non-hydrogen) atoms. The normalized spacial score (nSPS) is 16.7. The highest BCUT2D eigenvalue weighted by Crippen LogP contribution is 2.51. The Hall–Kier alpha value is -0.100. The van der Waals surface area contributed by atoms with Crippen LogP contribution < -0.4 is 5.32 Å². The molecule has 0 bridgehead atoms. The Morgan fingerprint density at radius 3 is 2.72 bits per heavy atom. The summed E-state index contributed by atoms with van der Waals surface area (Å²) in [6, 6.07) is 5.79. The van der Waals surface area contributed by atoms with E-state index in [4.69, 9.17) is 0 Å². The first kappa shape index (κ1) is 14.3. The Labute approximate surface area is 130 Å². The van der Waals surface area contributed by atoms with E-state index < -0.39 is 0 Å². The van der Waals surface area contributed by atoms with Gasteiger partial charge >= 0.3 is 0 Å². The number of amides is 1. The van der Waals surface area contributed by atoms with Gasteiger partial charge in [-0.1, -0.05) is 29.8 Å². The Kier molecular flexibility index (Phi) is 4.36. The smallest absolute Gasteiger partial charge is 0.252 e. The minimum absolute atomic E-state index is 0.0348. The fourth-order valence-corrected chi connectivity index (χ4v) is 3.08. The number of hydrogen-bond donors (Lipinski definition) is 1. The van der Waals surface area contributed by atoms with Crippen LogP contribution in [0.3, 0.4) is 0 Å². The molecule has 0 heterocycles. The topological polar surface area (TPSA) is 29.1 Å². The number of nitrogens with one attached hydrogen (secondary N) is 1. The predicted octanol–water partition coefficient (Wildman–Crippen LogP) is 4.22. The van der Waals surface area contributed by atoms with Crippen molar-refractivity contribution in [3.8, 4) is 0 Å². The summed E-state index contributed by atoms with van der Waals surface area (Å²) < 4.78 is 1.93. The van der Waals surface area contributed by atoms with Gasteiger partial charge in [0.1, 0.15) is 0 Å². The molecule has 2 nitrogen and oxygen atoms in total. The van der Waals surface area contributed by atoms with Crippen LogP contribution in [-0.4, -0.2) is 12.5 Å². The number of carbonyl (C=O) groups is 1. The molecule has 0 aliphatic heterocycles. The van der Waals surface area contributed by atoms with Crippen molar-refractivity contribution < 1.29 is 4.79 Å². The molecule has 1 aliphatic rings. The molecule has 1 amide bonds. The third-order valence-electron chi connectivity index (χ3n) is 3.89. The summed E-state index contributed by atoms with van der Waals surface area (Å²) in [4.78, 5) is 12.2. The van der Waals surface area contributed by atoms with Gasteiger partial charge in [0.25, 0.3) is 5.91 Å². The molecule has 1 N–H and O–H groups in total. The lowest BCUT2D eigenvalue weighted by atomic mass is 9.92. The van der Waals surface area contributed by atoms with Crippen molar-refractivity contribution in [2.45, 2.75) is 26.7 Å². The molecule has 0 atom stereocenters. The molecule has 0 aromatic heterocycles. The van der Waals surface area contributed by atoms with Crippen molar-refractivity contribution in [3.63, 3.8) is 0 Å². The molecule has 0 spiro atoms. The molecule has 0 radical (unpaired) electrons. The summed E-state index contributed by atoms with van der Waals surface area (Å²) in [6.45, 7) is 5.27. The molecular weight excluding hydrogens is 405 g/mol. The van der Waals surface area contributed by atoms with Crippen LogP contribution in [0.2, 0.25) is 0 Å². The number of rotatable bonds is 4. The molecule has 4 heteroatoms. The highest BCUT2D eigenvalue weighted by atomic mass is 127. The van der Waals surface area contributed by atoms with E-state index in [9.17, 15) is 4.79 Å². The average molecular weight is 422 g/mol. The molecule has 1 aliphatic carbocycles. The molecule has 1 aromatic rings. The van der Waals surface area contributed by atoms with Gasteiger partial charge in [0, 0.05) is 14.6 Å². The lowest BCUT2D eigenvalue weighted by Gasteiger charge is -2.20. The van der Waals surface area contributed by atoms with Crippen LogP contribution in [0.25, 0.3) is 0 Å². The van der Waals surface area contributed by atoms with E-state index in [1.165, 1.54) is 12.8 Å². The van der Waals surface area contributed by atoms with E-state index in [2.05, 4.69) is 57.7 Å². The molecule has 1 saturated carbocycles. The quantitative estimate of drug-likeness (QED) is 0.724. The van der Waals surface area contributed by atoms with Gasteiger partial charge in [-0.15, -0.1) is 0 Å². The highest BCUT2D eigenvalue weighted by molar-refractivity contribution is 14.1. The van der Waals surface area contributed by atoms with E-state index in [0.717, 1.165) is 20.2 Å². The zero-order valence-electron chi connectivity index (χ0n) is 10.6. The molecule has 98 valence electrons. The minimum atomic E-state index is 0.0348. The Morgan fingerprint density at radius 2 is 2.17 bits per heavy atom. The van der Waals surface area contributed by atoms with Gasteiger partial charge in [0.2, 0.25) is 0 Å². The van der Waals surface area contributed by atoms with Crippen LogP contribution in [0.5, 0.6) is 0 Å². The molecular formula is C14H17BrINO. The zero-order chi connectivity index (χ0) is 13.3. The van der Waals surface area contributed by atoms with Gasteiger partial charge in [-0.25, -0.2) is 0 Å². The SMILES string of the molecule is CC(C)C1(CNC(=O)c2cc(Br)ccc2I)CC1. The van der Waals surface area contributed by atoms with Crippen LogP contribution in [0.15, 0.2) is 22.7 Å². The number of benzene rings is 1. The first-order chi connectivity index (χ1) is 8.44. The van der Waals surface area contributed by atoms with Gasteiger partial charge < -0.3 is 5.32 Å². The van der Waals surface area contributed by atoms with E-state index in [1.54, 1.807) is 0 Å². The van der Waals surface area contributed by atoms with Gasteiger partial charge in [0.15, 0.2) is 0 Å². The molecule has 1 fully saturated rings. The van der Waals surface area contributed by atoms with E-state index >= 15 is 0 Å². The second-order valence-electron chi connectivity index (χ2n) is 5.32. The number of hydrogen-bond acceptors (Lipinski definition) is 1. The third-order valence-corrected chi connectivity index (χ3v) is 5.32. The summed E-state index contributed by atoms with van der Waals surface area (Å²) in [7, 11) is 0. The largest absolute Gasteiger partial charge is 0.351 e. The minimum Gasteiger partial charge on any atom is -0.351 e. The maximum absolute atomic E-state index is 12.2. The van der Waals surface area contributed by atoms with Gasteiger partial charge in [-0.05, 0) is 65.0 Å². The van der Waals surface area contributed by atoms with Crippen molar-refractivity contribution in [1.29, 1.82) is 0 Å². The average Bonchev–Trinajstić information content (AvgIpc) is 3.10. The third kappa shape index (κ3) is 3.07. The van der Waals surface area contributed by atoms with Crippen LogP contribution in [0, 0.1) is 14.9 Å². The first-order valence-electron chi connectivity index (χ1n) is 6.18. The van der Waals surface area contributed by atoms with Crippen molar-refractivity contribution in [3.05, 3.63) is 31.8 Å². The van der Waals surface area contributed by atoms with E-state index in [0.29, 0.717) is 11.3 Å². The monoisotopic (exact) mass is 421 g/mol. The fraction of sp³-hybridized carbons (Fsp3) is 0.500. The molecule has 0 unspecified atom stereocenters. The van der Waals surface area contributed by atoms with E-state index in [-0.39, 0.29) is 5.91 Å². The van der Waals surface area contributed by atoms with Gasteiger partial charge in [-0.2, -0.15) is 0 Å². The predicted molar refractivity (Wildman–Crippen MR) is 85.7 cm³/mol. The summed E-state index contributed by atoms with van der Waals surface area (Å²) in [5.41, 5.74) is 1.11. The summed E-state index contributed by atoms with van der Waals surface area (Å²) in [5, 5.41) is 3.09. The lowest BCUT2D eigenvalue weighted by molar-refractivity contribution is 0.0939. The summed E-state index contributed by atoms with van der Waals surface area (Å²) >= 11 is 5.61. The summed E-state index contributed by atoms with van der Waals surface area (Å²) in [5.74, 6) is 0.673. The van der Waals surface area contributed by atoms with Gasteiger partial charge in [-0.3, -0.25) is 4.79 Å². The molecule has 0 saturated heterocycles. The molecule has 1 aromatic carbocycles. The summed E-state index contributed by atoms with van der Waals surface area (Å²) in [6.07, 6.45) is 2.47. The van der Waals surface area contributed by atoms with Gasteiger partial charge in [0.05, 0.1) is 5.56 Å². The van der Waals surface area contributed by atoms with E-state index in [1.807, 2.05) is 18.2 Å². The van der Waals surface area contributed by atoms with Crippen LogP contribution in [0.4, 0.5) is 0 Å². The van der Waals surface area contributed by atoms with Crippen LogP contribution in [0.1, 0.15) is 37.0 Å². The standard InChI is InChI=1S/C14H17BrINO/c1-9(2)14(5-6-14)8-17-13(18)11-7-10(15)3-4-12(11)16/h3-4,7,9H,5-6,8H2,1-2H3,(H,17,18). The first-order valence-corrected chi connectivity index (χ1v) is 8.05. The number of halogens is 2. The van der Waals surface area contributed by atoms with Crippen molar-refractivity contribution >= 4 is 44.4 Å². The maximum Gasteiger partial charge on any atom is 0.252 e. The van der Waals surface area contributed by atoms with Crippen molar-refractivity contribution in [2.75, 3.05) is 6.54 Å². The highest BCUT2D eigenvalue weighted by Gasteiger charge is 2.45. The Bertz CT molecular complexity index is 469.